The summed E-state index contributed by atoms with van der Waals surface area (Å²) >= 11 is 0. The van der Waals surface area contributed by atoms with E-state index in [0.29, 0.717) is 0 Å². The van der Waals surface area contributed by atoms with Gasteiger partial charge >= 0.3 is 5.97 Å². The lowest BCUT2D eigenvalue weighted by Crippen LogP contribution is -2.50. The van der Waals surface area contributed by atoms with Gasteiger partial charge in [-0.1, -0.05) is 6.42 Å². The minimum Gasteiger partial charge on any atom is -0.467 e. The Hall–Kier alpha value is -1.92. The first-order valence-electron chi connectivity index (χ1n) is 6.66. The molecule has 3 amide bonds. The third-order valence-electron chi connectivity index (χ3n) is 3.91. The van der Waals surface area contributed by atoms with Crippen LogP contribution in [0.3, 0.4) is 0 Å². The molecule has 0 bridgehead atoms. The van der Waals surface area contributed by atoms with Crippen LogP contribution < -0.4 is 5.32 Å². The Morgan fingerprint density at radius 2 is 1.85 bits per heavy atom. The van der Waals surface area contributed by atoms with Crippen molar-refractivity contribution in [2.75, 3.05) is 13.7 Å². The fourth-order valence-corrected chi connectivity index (χ4v) is 2.99. The molecule has 3 unspecified atom stereocenters. The SMILES string of the molecule is COC(=O)C(CN1C(=O)C2CCCC2C1=O)NC(C)=O. The second-order valence-corrected chi connectivity index (χ2v) is 5.21. The van der Waals surface area contributed by atoms with Gasteiger partial charge in [0.2, 0.25) is 17.7 Å². The van der Waals surface area contributed by atoms with E-state index in [1.165, 1.54) is 14.0 Å². The molecule has 1 heterocycles. The molecular weight excluding hydrogens is 264 g/mol. The fourth-order valence-electron chi connectivity index (χ4n) is 2.99. The molecule has 2 fully saturated rings. The van der Waals surface area contributed by atoms with Crippen molar-refractivity contribution < 1.29 is 23.9 Å². The second kappa shape index (κ2) is 5.60. The monoisotopic (exact) mass is 282 g/mol. The molecule has 1 saturated carbocycles. The van der Waals surface area contributed by atoms with E-state index < -0.39 is 17.9 Å². The van der Waals surface area contributed by atoms with E-state index in [4.69, 9.17) is 0 Å². The summed E-state index contributed by atoms with van der Waals surface area (Å²) in [4.78, 5) is 48.1. The van der Waals surface area contributed by atoms with Crippen LogP contribution in [0.5, 0.6) is 0 Å². The molecule has 2 rings (SSSR count). The number of carbonyl (C=O) groups is 4. The van der Waals surface area contributed by atoms with Gasteiger partial charge in [0.1, 0.15) is 6.04 Å². The van der Waals surface area contributed by atoms with Crippen molar-refractivity contribution in [1.29, 1.82) is 0 Å². The Labute approximate surface area is 116 Å². The molecule has 7 heteroatoms. The van der Waals surface area contributed by atoms with E-state index in [2.05, 4.69) is 10.1 Å². The highest BCUT2D eigenvalue weighted by Gasteiger charge is 2.50. The summed E-state index contributed by atoms with van der Waals surface area (Å²) in [6, 6.07) is -1.01. The summed E-state index contributed by atoms with van der Waals surface area (Å²) in [6.45, 7) is 1.11. The molecule has 3 atom stereocenters. The first kappa shape index (κ1) is 14.5. The zero-order valence-corrected chi connectivity index (χ0v) is 11.5. The lowest BCUT2D eigenvalue weighted by atomic mass is 10.00. The first-order valence-corrected chi connectivity index (χ1v) is 6.66. The van der Waals surface area contributed by atoms with Crippen LogP contribution in [-0.2, 0) is 23.9 Å². The highest BCUT2D eigenvalue weighted by Crippen LogP contribution is 2.39. The molecule has 0 aromatic carbocycles. The molecule has 2 aliphatic rings. The van der Waals surface area contributed by atoms with Gasteiger partial charge in [0.15, 0.2) is 0 Å². The molecule has 1 saturated heterocycles. The molecule has 1 N–H and O–H groups in total. The van der Waals surface area contributed by atoms with E-state index in [-0.39, 0.29) is 30.2 Å². The van der Waals surface area contributed by atoms with E-state index >= 15 is 0 Å². The molecule has 0 spiro atoms. The molecule has 0 radical (unpaired) electrons. The minimum absolute atomic E-state index is 0.156. The standard InChI is InChI=1S/C13H18N2O5/c1-7(16)14-10(13(19)20-2)6-15-11(17)8-4-3-5-9(8)12(15)18/h8-10H,3-6H2,1-2H3,(H,14,16). The van der Waals surface area contributed by atoms with Crippen LogP contribution in [0.2, 0.25) is 0 Å². The number of carbonyl (C=O) groups excluding carboxylic acids is 4. The van der Waals surface area contributed by atoms with Crippen molar-refractivity contribution in [2.45, 2.75) is 32.2 Å². The molecule has 0 aromatic rings. The molecule has 20 heavy (non-hydrogen) atoms. The fraction of sp³-hybridized carbons (Fsp3) is 0.692. The Morgan fingerprint density at radius 1 is 1.30 bits per heavy atom. The van der Waals surface area contributed by atoms with E-state index in [0.717, 1.165) is 24.2 Å². The van der Waals surface area contributed by atoms with Crippen molar-refractivity contribution in [2.24, 2.45) is 11.8 Å². The van der Waals surface area contributed by atoms with Gasteiger partial charge in [-0.25, -0.2) is 4.79 Å². The number of rotatable bonds is 4. The predicted octanol–water partition coefficient (Wildman–Crippen LogP) is -0.551. The van der Waals surface area contributed by atoms with Crippen molar-refractivity contribution >= 4 is 23.7 Å². The Kier molecular flexibility index (Phi) is 4.06. The number of ether oxygens (including phenoxy) is 1. The molecule has 0 aromatic heterocycles. The van der Waals surface area contributed by atoms with E-state index in [1.54, 1.807) is 0 Å². The number of hydrogen-bond donors (Lipinski definition) is 1. The van der Waals surface area contributed by atoms with Gasteiger partial charge in [0, 0.05) is 6.92 Å². The number of amides is 3. The summed E-state index contributed by atoms with van der Waals surface area (Å²) in [7, 11) is 1.19. The smallest absolute Gasteiger partial charge is 0.330 e. The Balaban J connectivity index is 2.10. The van der Waals surface area contributed by atoms with Crippen LogP contribution in [0.25, 0.3) is 0 Å². The molecule has 7 nitrogen and oxygen atoms in total. The summed E-state index contributed by atoms with van der Waals surface area (Å²) < 4.78 is 4.59. The zero-order valence-electron chi connectivity index (χ0n) is 11.5. The number of esters is 1. The van der Waals surface area contributed by atoms with Gasteiger partial charge in [-0.2, -0.15) is 0 Å². The van der Waals surface area contributed by atoms with Gasteiger partial charge in [0.25, 0.3) is 0 Å². The lowest BCUT2D eigenvalue weighted by Gasteiger charge is -2.22. The van der Waals surface area contributed by atoms with Gasteiger partial charge in [0.05, 0.1) is 25.5 Å². The van der Waals surface area contributed by atoms with Gasteiger partial charge in [-0.05, 0) is 12.8 Å². The average Bonchev–Trinajstić information content (AvgIpc) is 2.96. The second-order valence-electron chi connectivity index (χ2n) is 5.21. The van der Waals surface area contributed by atoms with Crippen LogP contribution in [-0.4, -0.2) is 48.3 Å². The largest absolute Gasteiger partial charge is 0.467 e. The number of fused-ring (bicyclic) bond motifs is 1. The van der Waals surface area contributed by atoms with Gasteiger partial charge < -0.3 is 10.1 Å². The average molecular weight is 282 g/mol. The van der Waals surface area contributed by atoms with Crippen LogP contribution >= 0.6 is 0 Å². The minimum atomic E-state index is -1.01. The summed E-state index contributed by atoms with van der Waals surface area (Å²) in [5.41, 5.74) is 0. The predicted molar refractivity (Wildman–Crippen MR) is 67.2 cm³/mol. The zero-order chi connectivity index (χ0) is 14.9. The third-order valence-corrected chi connectivity index (χ3v) is 3.91. The number of nitrogens with zero attached hydrogens (tertiary/aromatic N) is 1. The highest BCUT2D eigenvalue weighted by molar-refractivity contribution is 6.05. The van der Waals surface area contributed by atoms with E-state index in [9.17, 15) is 19.2 Å². The van der Waals surface area contributed by atoms with Gasteiger partial charge in [-0.3, -0.25) is 19.3 Å². The summed E-state index contributed by atoms with van der Waals surface area (Å²) in [6.07, 6.45) is 2.32. The highest BCUT2D eigenvalue weighted by atomic mass is 16.5. The number of imide groups is 1. The Morgan fingerprint density at radius 3 is 2.30 bits per heavy atom. The van der Waals surface area contributed by atoms with Crippen LogP contribution in [0.15, 0.2) is 0 Å². The van der Waals surface area contributed by atoms with Gasteiger partial charge in [-0.15, -0.1) is 0 Å². The quantitative estimate of drug-likeness (QED) is 0.551. The van der Waals surface area contributed by atoms with Crippen molar-refractivity contribution in [3.63, 3.8) is 0 Å². The molecule has 1 aliphatic carbocycles. The number of nitrogens with one attached hydrogen (secondary N) is 1. The van der Waals surface area contributed by atoms with Crippen LogP contribution in [0.1, 0.15) is 26.2 Å². The summed E-state index contributed by atoms with van der Waals surface area (Å²) in [5.74, 6) is -2.07. The first-order chi connectivity index (χ1) is 9.45. The van der Waals surface area contributed by atoms with E-state index in [1.807, 2.05) is 0 Å². The van der Waals surface area contributed by atoms with Crippen LogP contribution in [0, 0.1) is 11.8 Å². The molecule has 1 aliphatic heterocycles. The molecule has 110 valence electrons. The number of methoxy groups -OCH3 is 1. The van der Waals surface area contributed by atoms with Crippen molar-refractivity contribution in [3.8, 4) is 0 Å². The maximum atomic E-state index is 12.2. The topological polar surface area (TPSA) is 92.8 Å². The summed E-state index contributed by atoms with van der Waals surface area (Å²) in [5, 5.41) is 2.40. The molecular formula is C13H18N2O5. The number of likely N-dealkylation sites (tertiary alicyclic amines) is 1. The Bertz CT molecular complexity index is 440. The maximum Gasteiger partial charge on any atom is 0.330 e. The third kappa shape index (κ3) is 2.52. The lowest BCUT2D eigenvalue weighted by molar-refractivity contribution is -0.148. The van der Waals surface area contributed by atoms with Crippen molar-refractivity contribution in [1.82, 2.24) is 10.2 Å². The number of hydrogen-bond acceptors (Lipinski definition) is 5. The maximum absolute atomic E-state index is 12.2. The normalized spacial score (nSPS) is 26.4. The van der Waals surface area contributed by atoms with Crippen molar-refractivity contribution in [3.05, 3.63) is 0 Å². The van der Waals surface area contributed by atoms with Crippen LogP contribution in [0.4, 0.5) is 0 Å².